The Bertz CT molecular complexity index is 499. The predicted molar refractivity (Wildman–Crippen MR) is 119 cm³/mol. The van der Waals surface area contributed by atoms with Gasteiger partial charge in [0.05, 0.1) is 12.5 Å². The van der Waals surface area contributed by atoms with E-state index >= 15 is 0 Å². The van der Waals surface area contributed by atoms with Crippen LogP contribution in [0, 0.1) is 0 Å². The first-order valence-corrected chi connectivity index (χ1v) is 8.67. The van der Waals surface area contributed by atoms with Gasteiger partial charge in [-0.1, -0.05) is 18.2 Å². The number of para-hydroxylation sites is 1. The number of anilines is 1. The number of rotatable bonds is 8. The molecule has 1 fully saturated rings. The third kappa shape index (κ3) is 9.83. The molecule has 1 amide bonds. The van der Waals surface area contributed by atoms with Crippen molar-refractivity contribution >= 4 is 48.8 Å². The Morgan fingerprint density at radius 3 is 2.26 bits per heavy atom. The minimum Gasteiger partial charge on any atom is -0.380 e. The number of carbonyl (C=O) groups excluding carboxylic acids is 1. The highest BCUT2D eigenvalue weighted by molar-refractivity contribution is 5.86. The Balaban J connectivity index is 0. The molecule has 1 saturated heterocycles. The number of nitrogens with zero attached hydrogens (tertiary/aromatic N) is 2. The second-order valence-electron chi connectivity index (χ2n) is 6.39. The van der Waals surface area contributed by atoms with Gasteiger partial charge in [0.25, 0.3) is 0 Å². The topological polar surface area (TPSA) is 70.8 Å². The SMILES string of the molecule is COC(CN)CC(=O)NC(C)CN1CCN(c2ccccc2)CC1.Cl.Cl.Cl. The van der Waals surface area contributed by atoms with E-state index in [-0.39, 0.29) is 55.3 Å². The molecule has 2 unspecified atom stereocenters. The third-order valence-corrected chi connectivity index (χ3v) is 4.44. The number of carbonyl (C=O) groups is 1. The molecule has 2 atom stereocenters. The summed E-state index contributed by atoms with van der Waals surface area (Å²) in [6.45, 7) is 7.34. The molecule has 0 saturated carbocycles. The quantitative estimate of drug-likeness (QED) is 0.642. The van der Waals surface area contributed by atoms with Crippen LogP contribution in [-0.2, 0) is 9.53 Å². The first-order chi connectivity index (χ1) is 11.6. The summed E-state index contributed by atoms with van der Waals surface area (Å²) in [7, 11) is 1.58. The maximum absolute atomic E-state index is 12.0. The predicted octanol–water partition coefficient (Wildman–Crippen LogP) is 1.94. The van der Waals surface area contributed by atoms with E-state index in [1.807, 2.05) is 13.0 Å². The molecule has 0 aliphatic carbocycles. The maximum atomic E-state index is 12.0. The minimum absolute atomic E-state index is 0. The van der Waals surface area contributed by atoms with Crippen molar-refractivity contribution in [2.45, 2.75) is 25.5 Å². The van der Waals surface area contributed by atoms with Gasteiger partial charge < -0.3 is 20.7 Å². The van der Waals surface area contributed by atoms with E-state index in [4.69, 9.17) is 10.5 Å². The van der Waals surface area contributed by atoms with Gasteiger partial charge in [-0.15, -0.1) is 37.2 Å². The number of hydrogen-bond donors (Lipinski definition) is 2. The van der Waals surface area contributed by atoms with Crippen molar-refractivity contribution in [3.05, 3.63) is 30.3 Å². The van der Waals surface area contributed by atoms with Crippen molar-refractivity contribution in [3.8, 4) is 0 Å². The molecule has 2 rings (SSSR count). The van der Waals surface area contributed by atoms with Gasteiger partial charge >= 0.3 is 0 Å². The number of ether oxygens (including phenoxy) is 1. The summed E-state index contributed by atoms with van der Waals surface area (Å²) >= 11 is 0. The zero-order valence-corrected chi connectivity index (χ0v) is 18.5. The van der Waals surface area contributed by atoms with E-state index in [0.717, 1.165) is 32.7 Å². The van der Waals surface area contributed by atoms with Crippen molar-refractivity contribution < 1.29 is 9.53 Å². The van der Waals surface area contributed by atoms with Gasteiger partial charge in [0, 0.05) is 58.1 Å². The van der Waals surface area contributed by atoms with Gasteiger partial charge in [0.15, 0.2) is 0 Å². The van der Waals surface area contributed by atoms with Crippen LogP contribution in [0.15, 0.2) is 30.3 Å². The van der Waals surface area contributed by atoms with Gasteiger partial charge in [-0.3, -0.25) is 9.69 Å². The van der Waals surface area contributed by atoms with Gasteiger partial charge in [0.2, 0.25) is 5.91 Å². The fourth-order valence-corrected chi connectivity index (χ4v) is 3.06. The summed E-state index contributed by atoms with van der Waals surface area (Å²) in [4.78, 5) is 16.8. The van der Waals surface area contributed by atoms with Crippen molar-refractivity contribution in [2.24, 2.45) is 5.73 Å². The van der Waals surface area contributed by atoms with Crippen LogP contribution in [0.25, 0.3) is 0 Å². The Kier molecular flexibility index (Phi) is 16.0. The van der Waals surface area contributed by atoms with E-state index in [1.54, 1.807) is 7.11 Å². The molecule has 9 heteroatoms. The molecule has 6 nitrogen and oxygen atoms in total. The molecule has 1 aromatic rings. The van der Waals surface area contributed by atoms with Gasteiger partial charge in [-0.25, -0.2) is 0 Å². The molecular weight excluding hydrogens is 411 g/mol. The molecule has 27 heavy (non-hydrogen) atoms. The summed E-state index contributed by atoms with van der Waals surface area (Å²) in [6.07, 6.45) is 0.116. The van der Waals surface area contributed by atoms with Crippen LogP contribution >= 0.6 is 37.2 Å². The van der Waals surface area contributed by atoms with Crippen molar-refractivity contribution in [3.63, 3.8) is 0 Å². The zero-order valence-electron chi connectivity index (χ0n) is 16.0. The van der Waals surface area contributed by atoms with Gasteiger partial charge in [-0.05, 0) is 19.1 Å². The minimum atomic E-state index is -0.202. The second-order valence-corrected chi connectivity index (χ2v) is 6.39. The smallest absolute Gasteiger partial charge is 0.222 e. The molecule has 0 aromatic heterocycles. The largest absolute Gasteiger partial charge is 0.380 e. The summed E-state index contributed by atoms with van der Waals surface area (Å²) < 4.78 is 5.15. The highest BCUT2D eigenvalue weighted by atomic mass is 35.5. The number of nitrogens with one attached hydrogen (secondary N) is 1. The number of nitrogens with two attached hydrogens (primary N) is 1. The lowest BCUT2D eigenvalue weighted by molar-refractivity contribution is -0.124. The monoisotopic (exact) mass is 442 g/mol. The first-order valence-electron chi connectivity index (χ1n) is 8.67. The Morgan fingerprint density at radius 1 is 1.15 bits per heavy atom. The van der Waals surface area contributed by atoms with Gasteiger partial charge in [0.1, 0.15) is 0 Å². The number of halogens is 3. The van der Waals surface area contributed by atoms with Crippen LogP contribution in [-0.4, -0.2) is 69.3 Å². The first kappa shape index (κ1) is 28.4. The summed E-state index contributed by atoms with van der Waals surface area (Å²) in [5, 5.41) is 3.04. The van der Waals surface area contributed by atoms with E-state index < -0.39 is 0 Å². The van der Waals surface area contributed by atoms with Crippen LogP contribution in [0.4, 0.5) is 5.69 Å². The Labute approximate surface area is 181 Å². The Morgan fingerprint density at radius 2 is 1.74 bits per heavy atom. The lowest BCUT2D eigenvalue weighted by Crippen LogP contribution is -2.51. The Hall–Kier alpha value is -0.760. The van der Waals surface area contributed by atoms with Crippen LogP contribution in [0.5, 0.6) is 0 Å². The van der Waals surface area contributed by atoms with Crippen LogP contribution in [0.3, 0.4) is 0 Å². The standard InChI is InChI=1S/C18H30N4O2.3ClH/c1-15(20-18(23)12-17(13-19)24-2)14-21-8-10-22(11-9-21)16-6-4-3-5-7-16;;;/h3-7,15,17H,8-14,19H2,1-2H3,(H,20,23);3*1H. The highest BCUT2D eigenvalue weighted by Gasteiger charge is 2.20. The number of methoxy groups -OCH3 is 1. The summed E-state index contributed by atoms with van der Waals surface area (Å²) in [5.41, 5.74) is 6.84. The molecule has 1 aliphatic heterocycles. The average Bonchev–Trinajstić information content (AvgIpc) is 2.61. The summed E-state index contributed by atoms with van der Waals surface area (Å²) in [5.74, 6) is 0.00252. The second kappa shape index (κ2) is 15.2. The maximum Gasteiger partial charge on any atom is 0.222 e. The van der Waals surface area contributed by atoms with Crippen molar-refractivity contribution in [2.75, 3.05) is 51.3 Å². The molecule has 158 valence electrons. The molecule has 1 heterocycles. The highest BCUT2D eigenvalue weighted by Crippen LogP contribution is 2.15. The lowest BCUT2D eigenvalue weighted by atomic mass is 10.2. The van der Waals surface area contributed by atoms with E-state index in [1.165, 1.54) is 5.69 Å². The molecule has 1 aliphatic rings. The van der Waals surface area contributed by atoms with Crippen molar-refractivity contribution in [1.29, 1.82) is 0 Å². The van der Waals surface area contributed by atoms with E-state index in [9.17, 15) is 4.79 Å². The number of piperazine rings is 1. The molecule has 3 N–H and O–H groups in total. The third-order valence-electron chi connectivity index (χ3n) is 4.44. The van der Waals surface area contributed by atoms with Gasteiger partial charge in [-0.2, -0.15) is 0 Å². The number of hydrogen-bond acceptors (Lipinski definition) is 5. The number of benzene rings is 1. The fraction of sp³-hybridized carbons (Fsp3) is 0.611. The molecule has 0 bridgehead atoms. The lowest BCUT2D eigenvalue weighted by Gasteiger charge is -2.37. The van der Waals surface area contributed by atoms with E-state index in [0.29, 0.717) is 13.0 Å². The zero-order chi connectivity index (χ0) is 17.4. The van der Waals surface area contributed by atoms with E-state index in [2.05, 4.69) is 39.4 Å². The van der Waals surface area contributed by atoms with Crippen LogP contribution in [0.2, 0.25) is 0 Å². The average molecular weight is 444 g/mol. The molecular formula is C18H33Cl3N4O2. The number of amides is 1. The van der Waals surface area contributed by atoms with Crippen molar-refractivity contribution in [1.82, 2.24) is 10.2 Å². The van der Waals surface area contributed by atoms with Crippen LogP contribution in [0.1, 0.15) is 13.3 Å². The fourth-order valence-electron chi connectivity index (χ4n) is 3.06. The van der Waals surface area contributed by atoms with Crippen LogP contribution < -0.4 is 16.0 Å². The molecule has 0 radical (unpaired) electrons. The molecule has 0 spiro atoms. The summed E-state index contributed by atoms with van der Waals surface area (Å²) in [6, 6.07) is 10.6. The normalized spacial score (nSPS) is 16.2. The molecule has 1 aromatic carbocycles.